The average Bonchev–Trinajstić information content (AvgIpc) is 2.66. The average molecular weight is 369 g/mol. The van der Waals surface area contributed by atoms with Crippen LogP contribution in [0.4, 0.5) is 0 Å². The van der Waals surface area contributed by atoms with Gasteiger partial charge in [0.15, 0.2) is 6.04 Å². The topological polar surface area (TPSA) is 98.4 Å². The van der Waals surface area contributed by atoms with Crippen molar-refractivity contribution in [2.75, 3.05) is 13.2 Å². The van der Waals surface area contributed by atoms with Gasteiger partial charge in [-0.3, -0.25) is 9.97 Å². The first kappa shape index (κ1) is 20.2. The fourth-order valence-electron chi connectivity index (χ4n) is 2.13. The molecule has 0 atom stereocenters. The minimum absolute atomic E-state index is 0.0100. The summed E-state index contributed by atoms with van der Waals surface area (Å²) in [5.41, 5.74) is 4.44. The number of oxime groups is 2. The number of hydrogen-bond acceptors (Lipinski definition) is 8. The fraction of sp³-hybridized carbons (Fsp3) is 0.368. The largest absolute Gasteiger partial charge is 0.393 e. The van der Waals surface area contributed by atoms with Crippen LogP contribution in [0.25, 0.3) is 0 Å². The van der Waals surface area contributed by atoms with Gasteiger partial charge in [-0.15, -0.1) is 0 Å². The number of nitrogens with zero attached hydrogens (tertiary/aromatic N) is 5. The van der Waals surface area contributed by atoms with Gasteiger partial charge in [0, 0.05) is 11.4 Å². The van der Waals surface area contributed by atoms with Crippen molar-refractivity contribution in [3.8, 4) is 0 Å². The molecule has 0 unspecified atom stereocenters. The number of aromatic nitrogens is 2. The van der Waals surface area contributed by atoms with Crippen LogP contribution in [0.2, 0.25) is 0 Å². The molecule has 0 saturated heterocycles. The van der Waals surface area contributed by atoms with Gasteiger partial charge in [0.1, 0.15) is 24.6 Å². The van der Waals surface area contributed by atoms with Crippen molar-refractivity contribution in [3.05, 3.63) is 64.1 Å². The highest BCUT2D eigenvalue weighted by atomic mass is 16.6. The van der Waals surface area contributed by atoms with Crippen LogP contribution in [0.1, 0.15) is 36.6 Å². The lowest BCUT2D eigenvalue weighted by Gasteiger charge is -2.08. The van der Waals surface area contributed by atoms with E-state index in [0.717, 1.165) is 11.4 Å². The summed E-state index contributed by atoms with van der Waals surface area (Å²) in [6, 6.07) is 10.5. The molecule has 2 heterocycles. The summed E-state index contributed by atoms with van der Waals surface area (Å²) in [5.74, 6) is 0. The third kappa shape index (κ3) is 6.58. The van der Waals surface area contributed by atoms with Gasteiger partial charge in [0.2, 0.25) is 0 Å². The molecule has 8 heteroatoms. The van der Waals surface area contributed by atoms with Gasteiger partial charge in [-0.2, -0.15) is 4.91 Å². The van der Waals surface area contributed by atoms with Crippen LogP contribution < -0.4 is 0 Å². The van der Waals surface area contributed by atoms with E-state index >= 15 is 0 Å². The quantitative estimate of drug-likeness (QED) is 0.383. The molecule has 8 nitrogen and oxygen atoms in total. The Kier molecular flexibility index (Phi) is 7.54. The third-order valence-corrected chi connectivity index (χ3v) is 3.60. The van der Waals surface area contributed by atoms with E-state index in [1.807, 2.05) is 50.2 Å². The highest BCUT2D eigenvalue weighted by Crippen LogP contribution is 2.03. The Morgan fingerprint density at radius 3 is 1.70 bits per heavy atom. The molecule has 2 aromatic rings. The highest BCUT2D eigenvalue weighted by molar-refractivity contribution is 5.96. The van der Waals surface area contributed by atoms with Crippen molar-refractivity contribution in [1.82, 2.24) is 9.97 Å². The summed E-state index contributed by atoms with van der Waals surface area (Å²) >= 11 is 0. The van der Waals surface area contributed by atoms with Crippen molar-refractivity contribution >= 4 is 11.4 Å². The molecule has 0 fully saturated rings. The SMILES string of the molecule is CC(=NOCC(CON=C(C)c1cccc(C)n1)N=O)c1cccc(C)n1. The van der Waals surface area contributed by atoms with E-state index < -0.39 is 6.04 Å². The predicted octanol–water partition coefficient (Wildman–Crippen LogP) is 3.41. The van der Waals surface area contributed by atoms with Crippen molar-refractivity contribution in [3.63, 3.8) is 0 Å². The van der Waals surface area contributed by atoms with Gasteiger partial charge in [-0.1, -0.05) is 27.6 Å². The standard InChI is InChI=1S/C19H23N5O3/c1-13-7-5-9-18(20-13)15(3)23-26-11-17(22-25)12-27-24-16(4)19-10-6-8-14(2)21-19/h5-10,17H,11-12H2,1-4H3. The molecule has 0 aliphatic rings. The maximum atomic E-state index is 11.0. The second kappa shape index (κ2) is 10.1. The lowest BCUT2D eigenvalue weighted by molar-refractivity contribution is 0.0740. The predicted molar refractivity (Wildman–Crippen MR) is 104 cm³/mol. The zero-order valence-electron chi connectivity index (χ0n) is 15.9. The van der Waals surface area contributed by atoms with Gasteiger partial charge in [-0.25, -0.2) is 0 Å². The Bertz CT molecular complexity index is 770. The minimum atomic E-state index is -0.728. The molecule has 0 spiro atoms. The number of rotatable bonds is 9. The second-order valence-electron chi connectivity index (χ2n) is 6.03. The molecule has 0 aliphatic heterocycles. The van der Waals surface area contributed by atoms with E-state index in [4.69, 9.17) is 9.68 Å². The van der Waals surface area contributed by atoms with Crippen LogP contribution in [-0.2, 0) is 9.68 Å². The van der Waals surface area contributed by atoms with E-state index in [1.165, 1.54) is 0 Å². The van der Waals surface area contributed by atoms with E-state index in [9.17, 15) is 4.91 Å². The van der Waals surface area contributed by atoms with Crippen molar-refractivity contribution in [2.24, 2.45) is 15.5 Å². The summed E-state index contributed by atoms with van der Waals surface area (Å²) < 4.78 is 0. The summed E-state index contributed by atoms with van der Waals surface area (Å²) in [6.07, 6.45) is 0. The summed E-state index contributed by atoms with van der Waals surface area (Å²) in [6.45, 7) is 7.34. The molecule has 0 bridgehead atoms. The molecule has 0 aromatic carbocycles. The van der Waals surface area contributed by atoms with E-state index in [2.05, 4.69) is 25.5 Å². The first-order chi connectivity index (χ1) is 13.0. The maximum Gasteiger partial charge on any atom is 0.165 e. The number of nitroso groups, excluding NO2 is 1. The van der Waals surface area contributed by atoms with Crippen LogP contribution in [-0.4, -0.2) is 40.6 Å². The highest BCUT2D eigenvalue weighted by Gasteiger charge is 2.11. The lowest BCUT2D eigenvalue weighted by Crippen LogP contribution is -2.18. The molecule has 27 heavy (non-hydrogen) atoms. The molecule has 0 saturated carbocycles. The number of pyridine rings is 2. The molecule has 142 valence electrons. The first-order valence-corrected chi connectivity index (χ1v) is 8.53. The van der Waals surface area contributed by atoms with Crippen LogP contribution in [0.3, 0.4) is 0 Å². The molecule has 0 aliphatic carbocycles. The molecule has 2 rings (SSSR count). The molecule has 0 amide bonds. The molecular weight excluding hydrogens is 346 g/mol. The number of aryl methyl sites for hydroxylation is 2. The van der Waals surface area contributed by atoms with E-state index in [0.29, 0.717) is 22.8 Å². The van der Waals surface area contributed by atoms with Gasteiger partial charge < -0.3 is 9.68 Å². The van der Waals surface area contributed by atoms with Crippen molar-refractivity contribution in [2.45, 2.75) is 33.7 Å². The zero-order chi connectivity index (χ0) is 19.6. The van der Waals surface area contributed by atoms with E-state index in [1.54, 1.807) is 13.8 Å². The van der Waals surface area contributed by atoms with Gasteiger partial charge in [0.05, 0.1) is 11.4 Å². The third-order valence-electron chi connectivity index (χ3n) is 3.60. The smallest absolute Gasteiger partial charge is 0.165 e. The normalized spacial score (nSPS) is 13.2. The molecule has 0 radical (unpaired) electrons. The number of hydrogen-bond donors (Lipinski definition) is 0. The van der Waals surface area contributed by atoms with Crippen LogP contribution >= 0.6 is 0 Å². The van der Waals surface area contributed by atoms with Crippen LogP contribution in [0.15, 0.2) is 51.9 Å². The Morgan fingerprint density at radius 2 is 1.33 bits per heavy atom. The van der Waals surface area contributed by atoms with E-state index in [-0.39, 0.29) is 13.2 Å². The second-order valence-corrected chi connectivity index (χ2v) is 6.03. The van der Waals surface area contributed by atoms with Crippen LogP contribution in [0.5, 0.6) is 0 Å². The van der Waals surface area contributed by atoms with Gasteiger partial charge in [0.25, 0.3) is 0 Å². The summed E-state index contributed by atoms with van der Waals surface area (Å²) in [4.78, 5) is 30.1. The lowest BCUT2D eigenvalue weighted by atomic mass is 10.2. The minimum Gasteiger partial charge on any atom is -0.393 e. The zero-order valence-corrected chi connectivity index (χ0v) is 15.9. The Hall–Kier alpha value is -3.16. The summed E-state index contributed by atoms with van der Waals surface area (Å²) in [5, 5.41) is 10.9. The first-order valence-electron chi connectivity index (χ1n) is 8.53. The maximum absolute atomic E-state index is 11.0. The molecule has 0 N–H and O–H groups in total. The van der Waals surface area contributed by atoms with Crippen molar-refractivity contribution < 1.29 is 9.68 Å². The van der Waals surface area contributed by atoms with Gasteiger partial charge in [-0.05, 0) is 52.0 Å². The molecular formula is C19H23N5O3. The fourth-order valence-corrected chi connectivity index (χ4v) is 2.13. The Morgan fingerprint density at radius 1 is 0.889 bits per heavy atom. The summed E-state index contributed by atoms with van der Waals surface area (Å²) in [7, 11) is 0. The Labute approximate surface area is 158 Å². The van der Waals surface area contributed by atoms with Crippen molar-refractivity contribution in [1.29, 1.82) is 0 Å². The molecule has 2 aromatic heterocycles. The Balaban J connectivity index is 1.84. The van der Waals surface area contributed by atoms with Gasteiger partial charge >= 0.3 is 0 Å². The monoisotopic (exact) mass is 369 g/mol. The van der Waals surface area contributed by atoms with Crippen LogP contribution in [0, 0.1) is 18.8 Å².